The Labute approximate surface area is 184 Å². The molecule has 0 saturated heterocycles. The van der Waals surface area contributed by atoms with Crippen molar-refractivity contribution in [1.82, 2.24) is 10.2 Å². The second-order valence-electron chi connectivity index (χ2n) is 8.05. The molecule has 5 heteroatoms. The predicted molar refractivity (Wildman–Crippen MR) is 125 cm³/mol. The summed E-state index contributed by atoms with van der Waals surface area (Å²) in [5.41, 5.74) is 5.09. The number of benzene rings is 2. The van der Waals surface area contributed by atoms with Crippen LogP contribution in [0.25, 0.3) is 11.0 Å². The maximum absolute atomic E-state index is 12.4. The second-order valence-corrected chi connectivity index (χ2v) is 8.05. The van der Waals surface area contributed by atoms with Crippen molar-refractivity contribution in [2.75, 3.05) is 13.1 Å². The van der Waals surface area contributed by atoms with Gasteiger partial charge < -0.3 is 9.73 Å². The van der Waals surface area contributed by atoms with Crippen LogP contribution in [0.3, 0.4) is 0 Å². The number of hydrogen-bond acceptors (Lipinski definition) is 4. The number of aryl methyl sites for hydroxylation is 2. The van der Waals surface area contributed by atoms with Crippen LogP contribution in [0.1, 0.15) is 48.1 Å². The van der Waals surface area contributed by atoms with Gasteiger partial charge in [0, 0.05) is 30.5 Å². The zero-order valence-electron chi connectivity index (χ0n) is 19.0. The fourth-order valence-corrected chi connectivity index (χ4v) is 3.79. The van der Waals surface area contributed by atoms with E-state index in [1.54, 1.807) is 0 Å². The molecule has 31 heavy (non-hydrogen) atoms. The van der Waals surface area contributed by atoms with Crippen molar-refractivity contribution in [3.05, 3.63) is 80.7 Å². The molecule has 0 radical (unpaired) electrons. The summed E-state index contributed by atoms with van der Waals surface area (Å²) in [6, 6.07) is 14.2. The number of rotatable bonds is 9. The van der Waals surface area contributed by atoms with Crippen molar-refractivity contribution < 1.29 is 9.21 Å². The molecule has 0 aliphatic carbocycles. The Morgan fingerprint density at radius 3 is 2.35 bits per heavy atom. The van der Waals surface area contributed by atoms with E-state index >= 15 is 0 Å². The van der Waals surface area contributed by atoms with Crippen molar-refractivity contribution >= 4 is 16.9 Å². The van der Waals surface area contributed by atoms with Gasteiger partial charge in [0.2, 0.25) is 5.91 Å². The molecule has 0 aliphatic rings. The molecular weight excluding hydrogens is 388 g/mol. The Morgan fingerprint density at radius 2 is 1.68 bits per heavy atom. The van der Waals surface area contributed by atoms with Gasteiger partial charge in [-0.25, -0.2) is 4.79 Å². The highest BCUT2D eigenvalue weighted by molar-refractivity contribution is 5.82. The van der Waals surface area contributed by atoms with Crippen molar-refractivity contribution in [1.29, 1.82) is 0 Å². The highest BCUT2D eigenvalue weighted by atomic mass is 16.4. The second kappa shape index (κ2) is 10.4. The first kappa shape index (κ1) is 22.8. The molecule has 0 unspecified atom stereocenters. The average Bonchev–Trinajstić information content (AvgIpc) is 2.76. The van der Waals surface area contributed by atoms with E-state index < -0.39 is 0 Å². The van der Waals surface area contributed by atoms with Gasteiger partial charge in [0.05, 0.1) is 0 Å². The first-order valence-corrected chi connectivity index (χ1v) is 11.0. The standard InChI is InChI=1S/C26H32N2O3/c1-5-28(6-2)17-21-10-8-20(9-11-21)16-27-25(29)14-13-23-19(4)22-12-7-18(3)15-24(22)31-26(23)30/h7-12,15H,5-6,13-14,16-17H2,1-4H3,(H,27,29). The van der Waals surface area contributed by atoms with Gasteiger partial charge in [0.15, 0.2) is 0 Å². The lowest BCUT2D eigenvalue weighted by Gasteiger charge is -2.18. The molecule has 164 valence electrons. The molecule has 0 aliphatic heterocycles. The van der Waals surface area contributed by atoms with E-state index in [2.05, 4.69) is 48.3 Å². The Bertz CT molecular complexity index is 1100. The van der Waals surface area contributed by atoms with Crippen LogP contribution in [-0.4, -0.2) is 23.9 Å². The number of amides is 1. The monoisotopic (exact) mass is 420 g/mol. The maximum Gasteiger partial charge on any atom is 0.339 e. The third kappa shape index (κ3) is 5.82. The van der Waals surface area contributed by atoms with Gasteiger partial charge in [-0.15, -0.1) is 0 Å². The molecule has 1 amide bonds. The van der Waals surface area contributed by atoms with Crippen molar-refractivity contribution in [2.24, 2.45) is 0 Å². The zero-order valence-corrected chi connectivity index (χ0v) is 19.0. The topological polar surface area (TPSA) is 62.6 Å². The average molecular weight is 421 g/mol. The van der Waals surface area contributed by atoms with Crippen LogP contribution >= 0.6 is 0 Å². The Kier molecular flexibility index (Phi) is 7.64. The number of nitrogens with zero attached hydrogens (tertiary/aromatic N) is 1. The lowest BCUT2D eigenvalue weighted by atomic mass is 10.0. The molecule has 1 heterocycles. The summed E-state index contributed by atoms with van der Waals surface area (Å²) in [5, 5.41) is 3.88. The lowest BCUT2D eigenvalue weighted by Crippen LogP contribution is -2.24. The molecule has 0 bridgehead atoms. The summed E-state index contributed by atoms with van der Waals surface area (Å²) in [4.78, 5) is 27.1. The third-order valence-electron chi connectivity index (χ3n) is 5.86. The van der Waals surface area contributed by atoms with E-state index in [0.717, 1.165) is 41.7 Å². The maximum atomic E-state index is 12.4. The summed E-state index contributed by atoms with van der Waals surface area (Å²) in [5.74, 6) is -0.0741. The minimum atomic E-state index is -0.354. The molecule has 1 N–H and O–H groups in total. The molecule has 3 rings (SSSR count). The van der Waals surface area contributed by atoms with Gasteiger partial charge in [0.1, 0.15) is 5.58 Å². The van der Waals surface area contributed by atoms with Crippen LogP contribution in [0.15, 0.2) is 51.7 Å². The number of carbonyl (C=O) groups excluding carboxylic acids is 1. The van der Waals surface area contributed by atoms with Crippen molar-refractivity contribution in [3.63, 3.8) is 0 Å². The summed E-state index contributed by atoms with van der Waals surface area (Å²) in [7, 11) is 0. The van der Waals surface area contributed by atoms with E-state index in [-0.39, 0.29) is 18.0 Å². The molecule has 2 aromatic carbocycles. The first-order chi connectivity index (χ1) is 14.9. The fourth-order valence-electron chi connectivity index (χ4n) is 3.79. The smallest absolute Gasteiger partial charge is 0.339 e. The molecule has 0 fully saturated rings. The largest absolute Gasteiger partial charge is 0.423 e. The minimum Gasteiger partial charge on any atom is -0.423 e. The van der Waals surface area contributed by atoms with Gasteiger partial charge in [-0.3, -0.25) is 9.69 Å². The first-order valence-electron chi connectivity index (χ1n) is 11.0. The van der Waals surface area contributed by atoms with Crippen LogP contribution < -0.4 is 10.9 Å². The van der Waals surface area contributed by atoms with E-state index in [9.17, 15) is 9.59 Å². The van der Waals surface area contributed by atoms with Crippen molar-refractivity contribution in [3.8, 4) is 0 Å². The van der Waals surface area contributed by atoms with Gasteiger partial charge in [-0.1, -0.05) is 50.2 Å². The molecule has 0 spiro atoms. The summed E-state index contributed by atoms with van der Waals surface area (Å²) >= 11 is 0. The highest BCUT2D eigenvalue weighted by Gasteiger charge is 2.13. The Balaban J connectivity index is 1.56. The molecule has 0 atom stereocenters. The van der Waals surface area contributed by atoms with Crippen LogP contribution in [0.2, 0.25) is 0 Å². The van der Waals surface area contributed by atoms with E-state index in [1.165, 1.54) is 5.56 Å². The number of fused-ring (bicyclic) bond motifs is 1. The quantitative estimate of drug-likeness (QED) is 0.518. The third-order valence-corrected chi connectivity index (χ3v) is 5.86. The van der Waals surface area contributed by atoms with E-state index in [1.807, 2.05) is 32.0 Å². The Hall–Kier alpha value is -2.92. The van der Waals surface area contributed by atoms with Gasteiger partial charge in [-0.2, -0.15) is 0 Å². The van der Waals surface area contributed by atoms with Crippen molar-refractivity contribution in [2.45, 2.75) is 53.6 Å². The van der Waals surface area contributed by atoms with Crippen LogP contribution in [0.5, 0.6) is 0 Å². The molecule has 1 aromatic heterocycles. The van der Waals surface area contributed by atoms with Crippen LogP contribution in [0.4, 0.5) is 0 Å². The zero-order chi connectivity index (χ0) is 22.4. The number of carbonyl (C=O) groups is 1. The van der Waals surface area contributed by atoms with Gasteiger partial charge in [0.25, 0.3) is 0 Å². The SMILES string of the molecule is CCN(CC)Cc1ccc(CNC(=O)CCc2c(C)c3ccc(C)cc3oc2=O)cc1. The van der Waals surface area contributed by atoms with Gasteiger partial charge >= 0.3 is 5.63 Å². The molecule has 3 aromatic rings. The summed E-state index contributed by atoms with van der Waals surface area (Å²) in [6.45, 7) is 11.7. The molecule has 5 nitrogen and oxygen atoms in total. The molecule has 0 saturated carbocycles. The predicted octanol–water partition coefficient (Wildman–Crippen LogP) is 4.50. The Morgan fingerprint density at radius 1 is 1.00 bits per heavy atom. The molecular formula is C26H32N2O3. The minimum absolute atomic E-state index is 0.0741. The van der Waals surface area contributed by atoms with Crippen LogP contribution in [0, 0.1) is 13.8 Å². The van der Waals surface area contributed by atoms with E-state index in [0.29, 0.717) is 24.1 Å². The number of nitrogens with one attached hydrogen (secondary N) is 1. The summed E-state index contributed by atoms with van der Waals surface area (Å²) in [6.07, 6.45) is 0.621. The van der Waals surface area contributed by atoms with E-state index in [4.69, 9.17) is 4.42 Å². The highest BCUT2D eigenvalue weighted by Crippen LogP contribution is 2.21. The number of hydrogen-bond donors (Lipinski definition) is 1. The normalized spacial score (nSPS) is 11.3. The fraction of sp³-hybridized carbons (Fsp3) is 0.385. The van der Waals surface area contributed by atoms with Gasteiger partial charge in [-0.05, 0) is 61.7 Å². The lowest BCUT2D eigenvalue weighted by molar-refractivity contribution is -0.121. The summed E-state index contributed by atoms with van der Waals surface area (Å²) < 4.78 is 5.48. The van der Waals surface area contributed by atoms with Crippen LogP contribution in [-0.2, 0) is 24.3 Å².